The number of hydrogen-bond acceptors (Lipinski definition) is 4. The van der Waals surface area contributed by atoms with Gasteiger partial charge in [-0.2, -0.15) is 0 Å². The monoisotopic (exact) mass is 228 g/mol. The number of piperidine rings is 1. The molecule has 5 heteroatoms. The van der Waals surface area contributed by atoms with Gasteiger partial charge in [0.25, 0.3) is 0 Å². The maximum atomic E-state index is 10.9. The third-order valence-corrected chi connectivity index (χ3v) is 3.90. The van der Waals surface area contributed by atoms with Crippen LogP contribution in [-0.4, -0.2) is 58.4 Å². The smallest absolute Gasteiger partial charge is 0.305 e. The normalized spacial score (nSPS) is 28.4. The zero-order chi connectivity index (χ0) is 11.8. The number of carboxylic acid groups (broad SMARTS) is 1. The van der Waals surface area contributed by atoms with Crippen LogP contribution in [0.2, 0.25) is 0 Å². The Morgan fingerprint density at radius 1 is 1.38 bits per heavy atom. The molecule has 0 saturated carbocycles. The first kappa shape index (κ1) is 11.8. The zero-order valence-corrected chi connectivity index (χ0v) is 9.70. The number of aliphatic carboxylic acids is 1. The van der Waals surface area contributed by atoms with Gasteiger partial charge in [0.05, 0.1) is 17.6 Å². The Kier molecular flexibility index (Phi) is 2.94. The molecule has 0 spiro atoms. The Morgan fingerprint density at radius 3 is 2.31 bits per heavy atom. The van der Waals surface area contributed by atoms with Crippen molar-refractivity contribution in [1.82, 2.24) is 10.2 Å². The van der Waals surface area contributed by atoms with Crippen molar-refractivity contribution >= 4 is 5.97 Å². The summed E-state index contributed by atoms with van der Waals surface area (Å²) in [4.78, 5) is 13.1. The summed E-state index contributed by atoms with van der Waals surface area (Å²) in [6.07, 6.45) is 1.66. The molecule has 2 heterocycles. The van der Waals surface area contributed by atoms with Crippen molar-refractivity contribution in [2.24, 2.45) is 0 Å². The second-order valence-corrected chi connectivity index (χ2v) is 5.38. The molecule has 2 rings (SSSR count). The molecule has 0 unspecified atom stereocenters. The van der Waals surface area contributed by atoms with Gasteiger partial charge >= 0.3 is 5.97 Å². The van der Waals surface area contributed by atoms with Crippen LogP contribution in [0.4, 0.5) is 0 Å². The van der Waals surface area contributed by atoms with Crippen LogP contribution < -0.4 is 5.32 Å². The van der Waals surface area contributed by atoms with Crippen molar-refractivity contribution in [3.63, 3.8) is 0 Å². The minimum absolute atomic E-state index is 0.197. The van der Waals surface area contributed by atoms with E-state index in [0.717, 1.165) is 39.0 Å². The summed E-state index contributed by atoms with van der Waals surface area (Å²) in [6.45, 7) is 4.94. The molecule has 0 bridgehead atoms. The lowest BCUT2D eigenvalue weighted by Crippen LogP contribution is -2.71. The second-order valence-electron chi connectivity index (χ2n) is 5.38. The number of carbonyl (C=O) groups is 1. The van der Waals surface area contributed by atoms with Crippen LogP contribution in [0.15, 0.2) is 0 Å². The second kappa shape index (κ2) is 3.98. The van der Waals surface area contributed by atoms with Crippen LogP contribution in [-0.2, 0) is 4.79 Å². The molecule has 0 aromatic rings. The molecule has 0 aromatic carbocycles. The highest BCUT2D eigenvalue weighted by atomic mass is 16.4. The van der Waals surface area contributed by atoms with Crippen LogP contribution in [0.1, 0.15) is 26.2 Å². The van der Waals surface area contributed by atoms with Crippen LogP contribution >= 0.6 is 0 Å². The van der Waals surface area contributed by atoms with E-state index in [1.807, 2.05) is 6.92 Å². The van der Waals surface area contributed by atoms with Crippen LogP contribution in [0.3, 0.4) is 0 Å². The van der Waals surface area contributed by atoms with Gasteiger partial charge in [-0.15, -0.1) is 0 Å². The van der Waals surface area contributed by atoms with Gasteiger partial charge in [-0.05, 0) is 19.8 Å². The van der Waals surface area contributed by atoms with Crippen molar-refractivity contribution in [2.45, 2.75) is 37.3 Å². The molecule has 0 radical (unpaired) electrons. The van der Waals surface area contributed by atoms with E-state index in [9.17, 15) is 9.90 Å². The molecule has 0 aliphatic carbocycles. The summed E-state index contributed by atoms with van der Waals surface area (Å²) >= 11 is 0. The summed E-state index contributed by atoms with van der Waals surface area (Å²) < 4.78 is 0. The average Bonchev–Trinajstić information content (AvgIpc) is 2.11. The Hall–Kier alpha value is -0.650. The van der Waals surface area contributed by atoms with E-state index in [1.54, 1.807) is 0 Å². The molecular formula is C11H20N2O3. The summed E-state index contributed by atoms with van der Waals surface area (Å²) in [6, 6.07) is 0. The van der Waals surface area contributed by atoms with E-state index < -0.39 is 11.6 Å². The van der Waals surface area contributed by atoms with Gasteiger partial charge in [0, 0.05) is 26.2 Å². The molecule has 2 fully saturated rings. The summed E-state index contributed by atoms with van der Waals surface area (Å²) in [5.74, 6) is -0.737. The third kappa shape index (κ3) is 2.21. The number of aliphatic hydroxyl groups is 1. The number of nitrogens with one attached hydrogen (secondary N) is 1. The Morgan fingerprint density at radius 2 is 1.94 bits per heavy atom. The minimum Gasteiger partial charge on any atom is -0.481 e. The van der Waals surface area contributed by atoms with Crippen LogP contribution in [0, 0.1) is 0 Å². The molecule has 0 aromatic heterocycles. The van der Waals surface area contributed by atoms with E-state index in [2.05, 4.69) is 10.2 Å². The fourth-order valence-corrected chi connectivity index (χ4v) is 2.62. The van der Waals surface area contributed by atoms with E-state index in [-0.39, 0.29) is 12.0 Å². The molecule has 92 valence electrons. The number of carboxylic acids is 1. The maximum absolute atomic E-state index is 10.9. The van der Waals surface area contributed by atoms with Gasteiger partial charge in [-0.1, -0.05) is 0 Å². The van der Waals surface area contributed by atoms with Crippen molar-refractivity contribution in [2.75, 3.05) is 26.2 Å². The van der Waals surface area contributed by atoms with E-state index in [4.69, 9.17) is 5.11 Å². The SMILES string of the molecule is CC1(O)CCN(C2(CC(=O)O)CNC2)CC1. The first-order valence-electron chi connectivity index (χ1n) is 5.84. The molecule has 2 aliphatic rings. The molecule has 2 aliphatic heterocycles. The molecular weight excluding hydrogens is 208 g/mol. The highest BCUT2D eigenvalue weighted by molar-refractivity contribution is 5.68. The Balaban J connectivity index is 1.98. The number of hydrogen-bond donors (Lipinski definition) is 3. The highest BCUT2D eigenvalue weighted by Crippen LogP contribution is 2.31. The van der Waals surface area contributed by atoms with Crippen molar-refractivity contribution in [1.29, 1.82) is 0 Å². The lowest BCUT2D eigenvalue weighted by Gasteiger charge is -2.53. The van der Waals surface area contributed by atoms with Gasteiger partial charge < -0.3 is 15.5 Å². The fraction of sp³-hybridized carbons (Fsp3) is 0.909. The van der Waals surface area contributed by atoms with Gasteiger partial charge in [0.15, 0.2) is 0 Å². The van der Waals surface area contributed by atoms with E-state index in [1.165, 1.54) is 0 Å². The molecule has 3 N–H and O–H groups in total. The topological polar surface area (TPSA) is 72.8 Å². The summed E-state index contributed by atoms with van der Waals surface area (Å²) in [5.41, 5.74) is -0.777. The Bertz CT molecular complexity index is 277. The lowest BCUT2D eigenvalue weighted by atomic mass is 9.82. The van der Waals surface area contributed by atoms with Crippen molar-refractivity contribution < 1.29 is 15.0 Å². The van der Waals surface area contributed by atoms with Gasteiger partial charge in [-0.25, -0.2) is 0 Å². The van der Waals surface area contributed by atoms with E-state index in [0.29, 0.717) is 0 Å². The standard InChI is InChI=1S/C11H20N2O3/c1-10(16)2-4-13(5-3-10)11(6-9(14)15)7-12-8-11/h12,16H,2-8H2,1H3,(H,14,15). The number of nitrogens with zero attached hydrogens (tertiary/aromatic N) is 1. The Labute approximate surface area is 95.4 Å². The predicted octanol–water partition coefficient (Wildman–Crippen LogP) is -0.350. The van der Waals surface area contributed by atoms with Crippen LogP contribution in [0.5, 0.6) is 0 Å². The average molecular weight is 228 g/mol. The molecule has 5 nitrogen and oxygen atoms in total. The first-order chi connectivity index (χ1) is 7.44. The number of rotatable bonds is 3. The number of likely N-dealkylation sites (tertiary alicyclic amines) is 1. The predicted molar refractivity (Wildman–Crippen MR) is 59.3 cm³/mol. The van der Waals surface area contributed by atoms with Gasteiger partial charge in [0.2, 0.25) is 0 Å². The van der Waals surface area contributed by atoms with Gasteiger partial charge in [-0.3, -0.25) is 9.69 Å². The molecule has 2 saturated heterocycles. The fourth-order valence-electron chi connectivity index (χ4n) is 2.62. The minimum atomic E-state index is -0.737. The zero-order valence-electron chi connectivity index (χ0n) is 9.70. The molecule has 0 atom stereocenters. The highest BCUT2D eigenvalue weighted by Gasteiger charge is 2.46. The van der Waals surface area contributed by atoms with Crippen molar-refractivity contribution in [3.8, 4) is 0 Å². The van der Waals surface area contributed by atoms with Gasteiger partial charge in [0.1, 0.15) is 0 Å². The molecule has 0 amide bonds. The maximum Gasteiger partial charge on any atom is 0.305 e. The largest absolute Gasteiger partial charge is 0.481 e. The first-order valence-corrected chi connectivity index (χ1v) is 5.84. The lowest BCUT2D eigenvalue weighted by molar-refractivity contribution is -0.143. The summed E-state index contributed by atoms with van der Waals surface area (Å²) in [5, 5.41) is 22.0. The van der Waals surface area contributed by atoms with E-state index >= 15 is 0 Å². The third-order valence-electron chi connectivity index (χ3n) is 3.90. The molecule has 16 heavy (non-hydrogen) atoms. The summed E-state index contributed by atoms with van der Waals surface area (Å²) in [7, 11) is 0. The van der Waals surface area contributed by atoms with Crippen molar-refractivity contribution in [3.05, 3.63) is 0 Å². The quantitative estimate of drug-likeness (QED) is 0.616. The van der Waals surface area contributed by atoms with Crippen LogP contribution in [0.25, 0.3) is 0 Å².